The molecule has 0 saturated carbocycles. The number of carbonyl (C=O) groups excluding carboxylic acids is 2. The highest BCUT2D eigenvalue weighted by molar-refractivity contribution is 6.11. The van der Waals surface area contributed by atoms with Crippen molar-refractivity contribution >= 4 is 39.8 Å². The van der Waals surface area contributed by atoms with E-state index in [1.807, 2.05) is 0 Å². The zero-order valence-corrected chi connectivity index (χ0v) is 22.6. The molecule has 0 spiro atoms. The molecule has 7 N–H and O–H groups in total. The third kappa shape index (κ3) is 5.73. The number of carbonyl (C=O) groups is 3. The summed E-state index contributed by atoms with van der Waals surface area (Å²) in [5.41, 5.74) is -0.454. The zero-order valence-electron chi connectivity index (χ0n) is 22.6. The van der Waals surface area contributed by atoms with E-state index in [4.69, 9.17) is 23.0 Å². The lowest BCUT2D eigenvalue weighted by atomic mass is 9.99. The molecule has 16 heteroatoms. The summed E-state index contributed by atoms with van der Waals surface area (Å²) in [4.78, 5) is 45.5. The van der Waals surface area contributed by atoms with Gasteiger partial charge in [0.05, 0.1) is 24.6 Å². The van der Waals surface area contributed by atoms with Crippen LogP contribution >= 0.6 is 0 Å². The second-order valence-electron chi connectivity index (χ2n) is 9.68. The Labute approximate surface area is 244 Å². The summed E-state index contributed by atoms with van der Waals surface area (Å²) in [5.74, 6) is -5.60. The first-order valence-electron chi connectivity index (χ1n) is 12.8. The lowest BCUT2D eigenvalue weighted by Crippen LogP contribution is -2.60. The number of hydrogen-bond acceptors (Lipinski definition) is 14. The molecule has 5 rings (SSSR count). The number of rotatable bonds is 8. The van der Waals surface area contributed by atoms with E-state index in [0.717, 1.165) is 31.4 Å². The number of ether oxygens (including phenoxy) is 4. The van der Waals surface area contributed by atoms with Gasteiger partial charge in [0.2, 0.25) is 12.1 Å². The van der Waals surface area contributed by atoms with E-state index >= 15 is 0 Å². The number of aromatic hydroxyl groups is 2. The zero-order chi connectivity index (χ0) is 31.9. The maximum atomic E-state index is 12.0. The summed E-state index contributed by atoms with van der Waals surface area (Å²) >= 11 is 0. The lowest BCUT2D eigenvalue weighted by molar-refractivity contribution is -0.278. The Bertz CT molecular complexity index is 1820. The van der Waals surface area contributed by atoms with Gasteiger partial charge < -0.3 is 58.4 Å². The molecule has 0 unspecified atom stereocenters. The molecule has 232 valence electrons. The summed E-state index contributed by atoms with van der Waals surface area (Å²) in [6.45, 7) is -0.686. The lowest BCUT2D eigenvalue weighted by Gasteiger charge is -2.40. The van der Waals surface area contributed by atoms with Crippen molar-refractivity contribution in [2.75, 3.05) is 13.7 Å². The maximum Gasteiger partial charge on any atom is 0.371 e. The number of hydrogen-bond donors (Lipinski definition) is 6. The number of aliphatic hydroxyl groups is 3. The van der Waals surface area contributed by atoms with Crippen LogP contribution in [0.5, 0.6) is 17.2 Å². The molecule has 1 aliphatic rings. The molecule has 2 aromatic carbocycles. The van der Waals surface area contributed by atoms with Gasteiger partial charge in [0.1, 0.15) is 48.6 Å². The van der Waals surface area contributed by atoms with Gasteiger partial charge in [-0.3, -0.25) is 14.4 Å². The van der Waals surface area contributed by atoms with Crippen LogP contribution in [0.4, 0.5) is 0 Å². The standard InChI is InChI=1S/C28H24O16/c1-39-19(32)8-20(33)40-9-18-22(34)23(35)24(36)28(43-18)44-26-12-7-17(27(37)38)41-15-5-11(29)6-16(21(12)15)42-25(26)10-2-3-13(30)14(31)4-10/h2-7,18,22-24,28,30-31,34-36H,8-9H2,1H3,(H,37,38)/p+1/t18-,22-,23+,24-,28+/m1/s1. The number of phenols is 2. The first-order chi connectivity index (χ1) is 20.9. The van der Waals surface area contributed by atoms with Crippen molar-refractivity contribution in [1.29, 1.82) is 0 Å². The van der Waals surface area contributed by atoms with Gasteiger partial charge in [-0.05, 0) is 18.2 Å². The molecule has 16 nitrogen and oxygen atoms in total. The Morgan fingerprint density at radius 3 is 2.27 bits per heavy atom. The van der Waals surface area contributed by atoms with Crippen LogP contribution in [-0.4, -0.2) is 97.8 Å². The van der Waals surface area contributed by atoms with Gasteiger partial charge in [0, 0.05) is 17.0 Å². The van der Waals surface area contributed by atoms with Crippen molar-refractivity contribution in [3.63, 3.8) is 0 Å². The van der Waals surface area contributed by atoms with E-state index in [-0.39, 0.29) is 44.4 Å². The van der Waals surface area contributed by atoms with Crippen molar-refractivity contribution in [3.05, 3.63) is 47.6 Å². The van der Waals surface area contributed by atoms with Gasteiger partial charge in [-0.2, -0.15) is 0 Å². The van der Waals surface area contributed by atoms with E-state index in [0.29, 0.717) is 0 Å². The van der Waals surface area contributed by atoms with Crippen LogP contribution in [0.2, 0.25) is 0 Å². The largest absolute Gasteiger partial charge is 0.504 e. The summed E-state index contributed by atoms with van der Waals surface area (Å²) in [6.07, 6.45) is -9.68. The van der Waals surface area contributed by atoms with E-state index in [1.54, 1.807) is 0 Å². The SMILES string of the molecule is COC(=O)CC(=O)OC[C@H]1O[C@@H](Oc2c(-c3ccc(O)c(O)c3)oc3cc(=[OH+])cc4oc(C(=O)O)cc2c43)[C@H](O)[C@@H](O)[C@@H]1O. The van der Waals surface area contributed by atoms with Crippen LogP contribution in [0.3, 0.4) is 0 Å². The maximum absolute atomic E-state index is 12.0. The molecule has 4 aromatic rings. The minimum atomic E-state index is -1.93. The summed E-state index contributed by atoms with van der Waals surface area (Å²) in [7, 11) is 1.07. The second kappa shape index (κ2) is 11.8. The number of aromatic carboxylic acids is 1. The van der Waals surface area contributed by atoms with Gasteiger partial charge in [0.25, 0.3) is 0 Å². The molecule has 5 atom stereocenters. The van der Waals surface area contributed by atoms with Crippen molar-refractivity contribution in [2.45, 2.75) is 37.1 Å². The van der Waals surface area contributed by atoms with Crippen molar-refractivity contribution in [2.24, 2.45) is 0 Å². The highest BCUT2D eigenvalue weighted by Gasteiger charge is 2.46. The normalized spacial score (nSPS) is 21.7. The average molecular weight is 617 g/mol. The van der Waals surface area contributed by atoms with Crippen molar-refractivity contribution in [1.82, 2.24) is 0 Å². The molecule has 1 aliphatic heterocycles. The highest BCUT2D eigenvalue weighted by atomic mass is 16.7. The summed E-state index contributed by atoms with van der Waals surface area (Å²) in [6, 6.07) is 6.91. The molecule has 2 aromatic heterocycles. The third-order valence-electron chi connectivity index (χ3n) is 6.75. The van der Waals surface area contributed by atoms with Gasteiger partial charge >= 0.3 is 23.3 Å². The summed E-state index contributed by atoms with van der Waals surface area (Å²) in [5, 5.41) is 61.6. The van der Waals surface area contributed by atoms with Gasteiger partial charge in [-0.15, -0.1) is 0 Å². The second-order valence-corrected chi connectivity index (χ2v) is 9.68. The quantitative estimate of drug-likeness (QED) is 0.0670. The minimum absolute atomic E-state index is 0.00932. The third-order valence-corrected chi connectivity index (χ3v) is 6.75. The Hall–Kier alpha value is -5.16. The molecular formula is C28H25O16+. The number of esters is 2. The van der Waals surface area contributed by atoms with Gasteiger partial charge in [-0.1, -0.05) is 0 Å². The van der Waals surface area contributed by atoms with Crippen LogP contribution in [0.15, 0.2) is 45.2 Å². The molecule has 1 saturated heterocycles. The predicted molar refractivity (Wildman–Crippen MR) is 142 cm³/mol. The smallest absolute Gasteiger partial charge is 0.371 e. The Kier molecular flexibility index (Phi) is 8.16. The van der Waals surface area contributed by atoms with E-state index in [1.165, 1.54) is 12.1 Å². The number of carboxylic acid groups (broad SMARTS) is 1. The van der Waals surface area contributed by atoms with Crippen molar-refractivity contribution in [3.8, 4) is 28.6 Å². The van der Waals surface area contributed by atoms with Crippen molar-refractivity contribution < 1.29 is 77.6 Å². The topological polar surface area (TPSA) is 257 Å². The predicted octanol–water partition coefficient (Wildman–Crippen LogP) is 0.253. The number of aliphatic hydroxyl groups excluding tert-OH is 3. The number of phenolic OH excluding ortho intramolecular Hbond substituents is 2. The highest BCUT2D eigenvalue weighted by Crippen LogP contribution is 2.44. The molecule has 3 heterocycles. The van der Waals surface area contributed by atoms with E-state index in [2.05, 4.69) is 4.74 Å². The van der Waals surface area contributed by atoms with Gasteiger partial charge in [0.15, 0.2) is 23.0 Å². The number of carboxylic acids is 1. The van der Waals surface area contributed by atoms with Crippen LogP contribution in [-0.2, 0) is 23.8 Å². The molecule has 44 heavy (non-hydrogen) atoms. The Morgan fingerprint density at radius 2 is 1.61 bits per heavy atom. The molecular weight excluding hydrogens is 592 g/mol. The number of benzene rings is 2. The molecule has 0 radical (unpaired) electrons. The van der Waals surface area contributed by atoms with Crippen LogP contribution in [0.1, 0.15) is 17.0 Å². The fourth-order valence-corrected chi connectivity index (χ4v) is 4.57. The summed E-state index contributed by atoms with van der Waals surface area (Å²) < 4.78 is 32.4. The molecule has 0 aliphatic carbocycles. The first-order valence-corrected chi connectivity index (χ1v) is 12.8. The monoisotopic (exact) mass is 617 g/mol. The molecule has 0 amide bonds. The van der Waals surface area contributed by atoms with Gasteiger partial charge in [-0.25, -0.2) is 4.79 Å². The number of methoxy groups -OCH3 is 1. The van der Waals surface area contributed by atoms with E-state index < -0.39 is 78.9 Å². The average Bonchev–Trinajstić information content (AvgIpc) is 2.98. The molecule has 1 fully saturated rings. The molecule has 0 bridgehead atoms. The fraction of sp³-hybridized carbons (Fsp3) is 0.286. The van der Waals surface area contributed by atoms with Crippen LogP contribution in [0, 0.1) is 0 Å². The van der Waals surface area contributed by atoms with E-state index in [9.17, 15) is 49.8 Å². The minimum Gasteiger partial charge on any atom is -0.504 e. The fourth-order valence-electron chi connectivity index (χ4n) is 4.57. The Balaban J connectivity index is 1.62. The van der Waals surface area contributed by atoms with Crippen LogP contribution in [0.25, 0.3) is 33.3 Å². The Morgan fingerprint density at radius 1 is 0.909 bits per heavy atom. The first kappa shape index (κ1) is 30.3. The van der Waals surface area contributed by atoms with Crippen LogP contribution < -0.4 is 10.2 Å².